The molecule has 0 saturated carbocycles. The molecule has 0 saturated heterocycles. The number of benzene rings is 2. The van der Waals surface area contributed by atoms with Crippen molar-refractivity contribution in [1.82, 2.24) is 19.3 Å². The Balaban J connectivity index is 0.000000893. The number of pyridine rings is 2. The van der Waals surface area contributed by atoms with Gasteiger partial charge in [-0.15, -0.1) is 0 Å². The quantitative estimate of drug-likeness (QED) is 0.178. The van der Waals surface area contributed by atoms with Crippen LogP contribution in [0, 0.1) is 6.92 Å². The van der Waals surface area contributed by atoms with Crippen molar-refractivity contribution >= 4 is 22.6 Å². The van der Waals surface area contributed by atoms with Crippen molar-refractivity contribution < 1.29 is 14.3 Å². The molecule has 1 N–H and O–H groups in total. The third-order valence-corrected chi connectivity index (χ3v) is 6.23. The average molecular weight is 640 g/mol. The average Bonchev–Trinajstić information content (AvgIpc) is 3.35. The standard InChI is InChI=1S/C27H23N5O4.C5H8.3C2H6/c1-17-25(27(34)32(31(17)2)18-7-5-4-6-8-18)26(33)30-24-12-10-20(16-29-24)36-23-13-14-28-22-15-19(35-3)9-11-21(22)23;1-3-5-4-2;3*1-2/h4-16H,1-3H3,(H,29,30,33);3-5H,1H2,2H3;3*1-2H3/b;5-4-;;;. The Hall–Kier alpha value is -5.44. The first kappa shape index (κ1) is 39.6. The molecule has 9 nitrogen and oxygen atoms in total. The van der Waals surface area contributed by atoms with Gasteiger partial charge in [-0.25, -0.2) is 9.67 Å². The Kier molecular flexibility index (Phi) is 18.0. The Morgan fingerprint density at radius 2 is 1.57 bits per heavy atom. The molecule has 0 unspecified atom stereocenters. The Morgan fingerprint density at radius 3 is 2.13 bits per heavy atom. The summed E-state index contributed by atoms with van der Waals surface area (Å²) < 4.78 is 14.4. The second-order valence-corrected chi connectivity index (χ2v) is 8.83. The van der Waals surface area contributed by atoms with Crippen LogP contribution in [0.4, 0.5) is 5.82 Å². The molecule has 5 aromatic rings. The Bertz CT molecular complexity index is 1760. The molecule has 0 aliphatic heterocycles. The molecule has 0 atom stereocenters. The fraction of sp³-hybridized carbons (Fsp3) is 0.263. The van der Waals surface area contributed by atoms with E-state index in [1.165, 1.54) is 10.9 Å². The van der Waals surface area contributed by atoms with E-state index in [1.807, 2.05) is 109 Å². The highest BCUT2D eigenvalue weighted by Gasteiger charge is 2.22. The number of amides is 1. The number of para-hydroxylation sites is 1. The van der Waals surface area contributed by atoms with E-state index in [0.29, 0.717) is 34.4 Å². The summed E-state index contributed by atoms with van der Waals surface area (Å²) in [6.07, 6.45) is 8.74. The van der Waals surface area contributed by atoms with E-state index in [0.717, 1.165) is 10.9 Å². The number of aromatic nitrogens is 4. The molecule has 1 amide bonds. The number of ether oxygens (including phenoxy) is 2. The summed E-state index contributed by atoms with van der Waals surface area (Å²) >= 11 is 0. The highest BCUT2D eigenvalue weighted by atomic mass is 16.5. The number of rotatable bonds is 7. The first-order chi connectivity index (χ1) is 22.9. The SMILES string of the molecule is C=C/C=C\C.CC.CC.CC.COc1ccc2c(Oc3ccc(NC(=O)c4c(C)n(C)n(-c5ccccc5)c4=O)nc3)ccnc2c1. The molecule has 250 valence electrons. The number of hydrogen-bond donors (Lipinski definition) is 1. The molecular weight excluding hydrogens is 590 g/mol. The smallest absolute Gasteiger partial charge is 0.284 e. The van der Waals surface area contributed by atoms with Gasteiger partial charge in [-0.1, -0.05) is 84.5 Å². The summed E-state index contributed by atoms with van der Waals surface area (Å²) in [5, 5.41) is 3.53. The van der Waals surface area contributed by atoms with E-state index in [-0.39, 0.29) is 5.56 Å². The van der Waals surface area contributed by atoms with Crippen LogP contribution in [0.1, 0.15) is 64.5 Å². The van der Waals surface area contributed by atoms with Crippen LogP contribution >= 0.6 is 0 Å². The van der Waals surface area contributed by atoms with Gasteiger partial charge in [0.1, 0.15) is 28.6 Å². The first-order valence-corrected chi connectivity index (χ1v) is 15.8. The molecule has 0 fully saturated rings. The number of nitrogens with one attached hydrogen (secondary N) is 1. The third-order valence-electron chi connectivity index (χ3n) is 6.23. The van der Waals surface area contributed by atoms with Crippen molar-refractivity contribution in [3.63, 3.8) is 0 Å². The van der Waals surface area contributed by atoms with Crippen molar-refractivity contribution in [1.29, 1.82) is 0 Å². The van der Waals surface area contributed by atoms with Gasteiger partial charge in [0.25, 0.3) is 11.5 Å². The number of allylic oxidation sites excluding steroid dienone is 3. The minimum absolute atomic E-state index is 0.0576. The predicted octanol–water partition coefficient (Wildman–Crippen LogP) is 9.31. The van der Waals surface area contributed by atoms with Gasteiger partial charge in [-0.05, 0) is 56.3 Å². The fourth-order valence-electron chi connectivity index (χ4n) is 4.10. The van der Waals surface area contributed by atoms with E-state index in [4.69, 9.17) is 9.47 Å². The van der Waals surface area contributed by atoms with E-state index < -0.39 is 11.5 Å². The first-order valence-electron chi connectivity index (χ1n) is 15.8. The van der Waals surface area contributed by atoms with Crippen molar-refractivity contribution in [2.45, 2.75) is 55.4 Å². The van der Waals surface area contributed by atoms with Gasteiger partial charge in [-0.3, -0.25) is 19.3 Å². The summed E-state index contributed by atoms with van der Waals surface area (Å²) in [6.45, 7) is 19.2. The van der Waals surface area contributed by atoms with Crippen LogP contribution in [0.15, 0.2) is 109 Å². The number of nitrogens with zero attached hydrogens (tertiary/aromatic N) is 4. The van der Waals surface area contributed by atoms with Crippen LogP contribution in [0.5, 0.6) is 17.2 Å². The van der Waals surface area contributed by atoms with Crippen molar-refractivity contribution in [3.8, 4) is 22.9 Å². The lowest BCUT2D eigenvalue weighted by molar-refractivity contribution is 0.102. The van der Waals surface area contributed by atoms with Gasteiger partial charge in [0.05, 0.1) is 30.2 Å². The van der Waals surface area contributed by atoms with E-state index >= 15 is 0 Å². The highest BCUT2D eigenvalue weighted by Crippen LogP contribution is 2.30. The lowest BCUT2D eigenvalue weighted by Gasteiger charge is -2.10. The lowest BCUT2D eigenvalue weighted by atomic mass is 10.2. The lowest BCUT2D eigenvalue weighted by Crippen LogP contribution is -2.25. The number of fused-ring (bicyclic) bond motifs is 1. The van der Waals surface area contributed by atoms with E-state index in [9.17, 15) is 9.59 Å². The van der Waals surface area contributed by atoms with Gasteiger partial charge in [0.2, 0.25) is 0 Å². The number of anilines is 1. The van der Waals surface area contributed by atoms with Gasteiger partial charge in [0.15, 0.2) is 0 Å². The number of carbonyl (C=O) groups is 1. The third kappa shape index (κ3) is 10.6. The number of methoxy groups -OCH3 is 1. The summed E-state index contributed by atoms with van der Waals surface area (Å²) in [7, 11) is 3.34. The molecule has 2 aromatic carbocycles. The van der Waals surface area contributed by atoms with Crippen LogP contribution in [0.2, 0.25) is 0 Å². The van der Waals surface area contributed by atoms with Crippen LogP contribution in [0.3, 0.4) is 0 Å². The number of carbonyl (C=O) groups excluding carboxylic acids is 1. The Morgan fingerprint density at radius 1 is 0.915 bits per heavy atom. The fourth-order valence-corrected chi connectivity index (χ4v) is 4.10. The summed E-state index contributed by atoms with van der Waals surface area (Å²) in [6, 6.07) is 19.8. The normalized spacial score (nSPS) is 9.66. The number of hydrogen-bond acceptors (Lipinski definition) is 6. The van der Waals surface area contributed by atoms with Crippen molar-refractivity contribution in [3.05, 3.63) is 126 Å². The van der Waals surface area contributed by atoms with Crippen molar-refractivity contribution in [2.24, 2.45) is 7.05 Å². The second kappa shape index (κ2) is 21.3. The topological polar surface area (TPSA) is 100 Å². The molecule has 0 bridgehead atoms. The van der Waals surface area contributed by atoms with Gasteiger partial charge >= 0.3 is 0 Å². The summed E-state index contributed by atoms with van der Waals surface area (Å²) in [5.41, 5.74) is 1.61. The van der Waals surface area contributed by atoms with Gasteiger partial charge < -0.3 is 14.8 Å². The molecule has 9 heteroatoms. The van der Waals surface area contributed by atoms with Gasteiger partial charge in [0, 0.05) is 24.7 Å². The van der Waals surface area contributed by atoms with E-state index in [1.54, 1.807) is 56.2 Å². The van der Waals surface area contributed by atoms with E-state index in [2.05, 4.69) is 21.9 Å². The van der Waals surface area contributed by atoms with Crippen molar-refractivity contribution in [2.75, 3.05) is 12.4 Å². The minimum Gasteiger partial charge on any atom is -0.497 e. The largest absolute Gasteiger partial charge is 0.497 e. The van der Waals surface area contributed by atoms with Gasteiger partial charge in [-0.2, -0.15) is 0 Å². The van der Waals surface area contributed by atoms with Crippen LogP contribution in [-0.4, -0.2) is 32.3 Å². The zero-order valence-corrected chi connectivity index (χ0v) is 29.4. The monoisotopic (exact) mass is 639 g/mol. The minimum atomic E-state index is -0.530. The zero-order valence-electron chi connectivity index (χ0n) is 29.4. The summed E-state index contributed by atoms with van der Waals surface area (Å²) in [4.78, 5) is 34.7. The molecule has 0 radical (unpaired) electrons. The molecule has 0 spiro atoms. The zero-order chi connectivity index (χ0) is 35.4. The molecular formula is C38H49N5O4. The predicted molar refractivity (Wildman–Crippen MR) is 195 cm³/mol. The molecule has 5 rings (SSSR count). The Labute approximate surface area is 279 Å². The van der Waals surface area contributed by atoms with Crippen LogP contribution in [-0.2, 0) is 7.05 Å². The van der Waals surface area contributed by atoms with Crippen LogP contribution < -0.4 is 20.3 Å². The maximum absolute atomic E-state index is 13.1. The van der Waals surface area contributed by atoms with Crippen LogP contribution in [0.25, 0.3) is 16.6 Å². The maximum atomic E-state index is 13.1. The molecule has 3 heterocycles. The maximum Gasteiger partial charge on any atom is 0.284 e. The molecule has 47 heavy (non-hydrogen) atoms. The molecule has 0 aliphatic rings. The molecule has 3 aromatic heterocycles. The second-order valence-electron chi connectivity index (χ2n) is 8.83. The summed E-state index contributed by atoms with van der Waals surface area (Å²) in [5.74, 6) is 1.57. The highest BCUT2D eigenvalue weighted by molar-refractivity contribution is 6.04. The molecule has 0 aliphatic carbocycles.